The molecule has 2 amide bonds. The molecule has 0 fully saturated rings. The van der Waals surface area contributed by atoms with Crippen molar-refractivity contribution in [3.05, 3.63) is 93.2 Å². The van der Waals surface area contributed by atoms with Gasteiger partial charge in [0.05, 0.1) is 26.3 Å². The van der Waals surface area contributed by atoms with Gasteiger partial charge in [-0.15, -0.1) is 0 Å². The molecule has 0 bridgehead atoms. The second-order valence-corrected chi connectivity index (χ2v) is 7.60. The summed E-state index contributed by atoms with van der Waals surface area (Å²) in [6, 6.07) is 15.7. The number of anilines is 1. The molecule has 0 saturated carbocycles. The lowest BCUT2D eigenvalue weighted by Crippen LogP contribution is -2.30. The summed E-state index contributed by atoms with van der Waals surface area (Å²) in [7, 11) is 4.28. The standard InChI is InChI=1S/C26H25N3O7/c1-16-8-10-19(11-9-16)27-26(31)21(13-17-6-5-7-20(12-17)29(32)33)28-25(30)18-14-22(34-2)24(36-4)23(15-18)35-3/h5-15H,1-4H3,(H,27,31)(H,28,30)/b21-13+. The van der Waals surface area contributed by atoms with E-state index in [1.807, 2.05) is 19.1 Å². The molecule has 2 N–H and O–H groups in total. The zero-order valence-electron chi connectivity index (χ0n) is 20.2. The Labute approximate surface area is 207 Å². The average Bonchev–Trinajstić information content (AvgIpc) is 2.88. The third-order valence-electron chi connectivity index (χ3n) is 5.12. The largest absolute Gasteiger partial charge is 0.493 e. The zero-order valence-corrected chi connectivity index (χ0v) is 20.2. The van der Waals surface area contributed by atoms with Gasteiger partial charge in [0.2, 0.25) is 5.75 Å². The molecule has 0 unspecified atom stereocenters. The second-order valence-electron chi connectivity index (χ2n) is 7.60. The molecule has 0 aromatic heterocycles. The quantitative estimate of drug-likeness (QED) is 0.259. The Bertz CT molecular complexity index is 1290. The Morgan fingerprint density at radius 3 is 2.11 bits per heavy atom. The fraction of sp³-hybridized carbons (Fsp3) is 0.154. The van der Waals surface area contributed by atoms with Gasteiger partial charge in [0.25, 0.3) is 17.5 Å². The van der Waals surface area contributed by atoms with Gasteiger partial charge in [0.15, 0.2) is 11.5 Å². The summed E-state index contributed by atoms with van der Waals surface area (Å²) in [5.74, 6) is -0.428. The summed E-state index contributed by atoms with van der Waals surface area (Å²) in [5.41, 5.74) is 1.72. The van der Waals surface area contributed by atoms with Crippen molar-refractivity contribution in [1.29, 1.82) is 0 Å². The average molecular weight is 492 g/mol. The normalized spacial score (nSPS) is 10.8. The highest BCUT2D eigenvalue weighted by molar-refractivity contribution is 6.10. The van der Waals surface area contributed by atoms with Crippen molar-refractivity contribution in [2.45, 2.75) is 6.92 Å². The van der Waals surface area contributed by atoms with E-state index in [2.05, 4.69) is 10.6 Å². The number of methoxy groups -OCH3 is 3. The number of nitrogens with zero attached hydrogens (tertiary/aromatic N) is 1. The summed E-state index contributed by atoms with van der Waals surface area (Å²) >= 11 is 0. The van der Waals surface area contributed by atoms with Crippen LogP contribution in [-0.4, -0.2) is 38.1 Å². The molecule has 0 aliphatic carbocycles. The summed E-state index contributed by atoms with van der Waals surface area (Å²) in [6.45, 7) is 1.91. The summed E-state index contributed by atoms with van der Waals surface area (Å²) in [4.78, 5) is 36.9. The topological polar surface area (TPSA) is 129 Å². The minimum Gasteiger partial charge on any atom is -0.493 e. The minimum absolute atomic E-state index is 0.130. The number of nitro benzene ring substituents is 1. The lowest BCUT2D eigenvalue weighted by atomic mass is 10.1. The van der Waals surface area contributed by atoms with Gasteiger partial charge in [0, 0.05) is 23.4 Å². The molecule has 0 atom stereocenters. The van der Waals surface area contributed by atoms with Crippen LogP contribution < -0.4 is 24.8 Å². The molecule has 10 heteroatoms. The molecule has 186 valence electrons. The maximum atomic E-state index is 13.2. The van der Waals surface area contributed by atoms with Crippen molar-refractivity contribution >= 4 is 29.3 Å². The fourth-order valence-electron chi connectivity index (χ4n) is 3.30. The van der Waals surface area contributed by atoms with Gasteiger partial charge in [-0.2, -0.15) is 0 Å². The lowest BCUT2D eigenvalue weighted by molar-refractivity contribution is -0.384. The van der Waals surface area contributed by atoms with Crippen molar-refractivity contribution in [2.24, 2.45) is 0 Å². The molecular formula is C26H25N3O7. The van der Waals surface area contributed by atoms with E-state index in [1.54, 1.807) is 18.2 Å². The summed E-state index contributed by atoms with van der Waals surface area (Å²) in [6.07, 6.45) is 1.35. The van der Waals surface area contributed by atoms with Crippen LogP contribution in [0.5, 0.6) is 17.2 Å². The Morgan fingerprint density at radius 1 is 0.917 bits per heavy atom. The van der Waals surface area contributed by atoms with E-state index in [9.17, 15) is 19.7 Å². The molecule has 0 spiro atoms. The van der Waals surface area contributed by atoms with Crippen LogP contribution in [0.15, 0.2) is 66.4 Å². The molecule has 0 aliphatic heterocycles. The number of carbonyl (C=O) groups is 2. The van der Waals surface area contributed by atoms with E-state index in [4.69, 9.17) is 14.2 Å². The highest BCUT2D eigenvalue weighted by Crippen LogP contribution is 2.38. The third-order valence-corrected chi connectivity index (χ3v) is 5.12. The van der Waals surface area contributed by atoms with Crippen LogP contribution in [0.1, 0.15) is 21.5 Å². The maximum absolute atomic E-state index is 13.2. The lowest BCUT2D eigenvalue weighted by Gasteiger charge is -2.15. The van der Waals surface area contributed by atoms with Crippen LogP contribution >= 0.6 is 0 Å². The van der Waals surface area contributed by atoms with Crippen LogP contribution in [0.25, 0.3) is 6.08 Å². The number of hydrogen-bond donors (Lipinski definition) is 2. The van der Waals surface area contributed by atoms with E-state index in [1.165, 1.54) is 57.7 Å². The number of benzene rings is 3. The highest BCUT2D eigenvalue weighted by atomic mass is 16.6. The number of nitro groups is 1. The number of amides is 2. The van der Waals surface area contributed by atoms with Crippen LogP contribution in [0.3, 0.4) is 0 Å². The summed E-state index contributed by atoms with van der Waals surface area (Å²) in [5, 5.41) is 16.5. The summed E-state index contributed by atoms with van der Waals surface area (Å²) < 4.78 is 15.9. The Hall–Kier alpha value is -4.86. The van der Waals surface area contributed by atoms with Crippen molar-refractivity contribution in [3.63, 3.8) is 0 Å². The third kappa shape index (κ3) is 6.17. The first-order chi connectivity index (χ1) is 17.2. The number of ether oxygens (including phenoxy) is 3. The number of aryl methyl sites for hydroxylation is 1. The van der Waals surface area contributed by atoms with Crippen LogP contribution in [-0.2, 0) is 4.79 Å². The second kappa shape index (κ2) is 11.5. The van der Waals surface area contributed by atoms with Crippen molar-refractivity contribution in [3.8, 4) is 17.2 Å². The predicted octanol–water partition coefficient (Wildman–Crippen LogP) is 4.34. The molecule has 3 aromatic carbocycles. The Morgan fingerprint density at radius 2 is 1.56 bits per heavy atom. The molecule has 3 rings (SSSR count). The molecule has 10 nitrogen and oxygen atoms in total. The van der Waals surface area contributed by atoms with E-state index in [-0.39, 0.29) is 28.4 Å². The molecule has 36 heavy (non-hydrogen) atoms. The van der Waals surface area contributed by atoms with Gasteiger partial charge in [-0.05, 0) is 42.8 Å². The molecule has 0 heterocycles. The van der Waals surface area contributed by atoms with E-state index < -0.39 is 16.7 Å². The monoisotopic (exact) mass is 491 g/mol. The first-order valence-corrected chi connectivity index (χ1v) is 10.7. The molecule has 0 saturated heterocycles. The van der Waals surface area contributed by atoms with Gasteiger partial charge in [-0.1, -0.05) is 29.8 Å². The Balaban J connectivity index is 1.99. The van der Waals surface area contributed by atoms with Gasteiger partial charge in [-0.25, -0.2) is 0 Å². The molecule has 3 aromatic rings. The molecule has 0 aliphatic rings. The smallest absolute Gasteiger partial charge is 0.272 e. The Kier molecular flexibility index (Phi) is 8.24. The van der Waals surface area contributed by atoms with Crippen molar-refractivity contribution < 1.29 is 28.7 Å². The number of nitrogens with one attached hydrogen (secondary N) is 2. The van der Waals surface area contributed by atoms with Crippen molar-refractivity contribution in [1.82, 2.24) is 5.32 Å². The number of carbonyl (C=O) groups excluding carboxylic acids is 2. The fourth-order valence-corrected chi connectivity index (χ4v) is 3.30. The van der Waals surface area contributed by atoms with E-state index in [0.29, 0.717) is 17.0 Å². The maximum Gasteiger partial charge on any atom is 0.272 e. The van der Waals surface area contributed by atoms with Crippen LogP contribution in [0.4, 0.5) is 11.4 Å². The highest BCUT2D eigenvalue weighted by Gasteiger charge is 2.20. The number of rotatable bonds is 9. The first-order valence-electron chi connectivity index (χ1n) is 10.7. The minimum atomic E-state index is -0.634. The van der Waals surface area contributed by atoms with Crippen LogP contribution in [0, 0.1) is 17.0 Å². The number of non-ortho nitro benzene ring substituents is 1. The van der Waals surface area contributed by atoms with Gasteiger partial charge < -0.3 is 24.8 Å². The SMILES string of the molecule is COc1cc(C(=O)N/C(=C/c2cccc([N+](=O)[O-])c2)C(=O)Nc2ccc(C)cc2)cc(OC)c1OC. The molecule has 0 radical (unpaired) electrons. The first kappa shape index (κ1) is 25.8. The number of hydrogen-bond acceptors (Lipinski definition) is 7. The van der Waals surface area contributed by atoms with Crippen LogP contribution in [0.2, 0.25) is 0 Å². The van der Waals surface area contributed by atoms with Crippen molar-refractivity contribution in [2.75, 3.05) is 26.6 Å². The van der Waals surface area contributed by atoms with E-state index >= 15 is 0 Å². The van der Waals surface area contributed by atoms with Gasteiger partial charge in [-0.3, -0.25) is 19.7 Å². The predicted molar refractivity (Wildman–Crippen MR) is 134 cm³/mol. The van der Waals surface area contributed by atoms with E-state index in [0.717, 1.165) is 5.56 Å². The molecular weight excluding hydrogens is 466 g/mol. The van der Waals surface area contributed by atoms with Gasteiger partial charge in [0.1, 0.15) is 5.70 Å². The zero-order chi connectivity index (χ0) is 26.2. The van der Waals surface area contributed by atoms with Gasteiger partial charge >= 0.3 is 0 Å².